The summed E-state index contributed by atoms with van der Waals surface area (Å²) in [5.41, 5.74) is 1.23. The molecule has 2 aromatic rings. The highest BCUT2D eigenvalue weighted by atomic mass is 79.9. The van der Waals surface area contributed by atoms with Crippen molar-refractivity contribution in [1.29, 1.82) is 0 Å². The first-order valence-corrected chi connectivity index (χ1v) is 6.02. The highest BCUT2D eigenvalue weighted by molar-refractivity contribution is 9.10. The van der Waals surface area contributed by atoms with Gasteiger partial charge < -0.3 is 9.52 Å². The first-order valence-electron chi connectivity index (χ1n) is 5.23. The Bertz CT molecular complexity index is 436. The predicted molar refractivity (Wildman–Crippen MR) is 66.1 cm³/mol. The molecule has 0 saturated carbocycles. The van der Waals surface area contributed by atoms with E-state index in [-0.39, 0.29) is 0 Å². The second kappa shape index (κ2) is 5.32. The normalized spacial score (nSPS) is 12.6. The SMILES string of the molecule is OC(CCc1ccccc1)c1ccc(Br)o1. The molecule has 0 radical (unpaired) electrons. The van der Waals surface area contributed by atoms with Crippen molar-refractivity contribution in [1.82, 2.24) is 0 Å². The van der Waals surface area contributed by atoms with Crippen molar-refractivity contribution < 1.29 is 9.52 Å². The molecule has 1 aromatic heterocycles. The van der Waals surface area contributed by atoms with Gasteiger partial charge in [0.1, 0.15) is 11.9 Å². The summed E-state index contributed by atoms with van der Waals surface area (Å²) in [4.78, 5) is 0. The molecule has 0 saturated heterocycles. The highest BCUT2D eigenvalue weighted by Gasteiger charge is 2.11. The van der Waals surface area contributed by atoms with E-state index in [1.165, 1.54) is 5.56 Å². The predicted octanol–water partition coefficient (Wildman–Crippen LogP) is 3.71. The number of aliphatic hydroxyl groups excluding tert-OH is 1. The molecule has 0 amide bonds. The number of hydrogen-bond acceptors (Lipinski definition) is 2. The highest BCUT2D eigenvalue weighted by Crippen LogP contribution is 2.23. The molecule has 2 nitrogen and oxygen atoms in total. The van der Waals surface area contributed by atoms with Crippen molar-refractivity contribution in [2.24, 2.45) is 0 Å². The van der Waals surface area contributed by atoms with Crippen molar-refractivity contribution in [3.8, 4) is 0 Å². The summed E-state index contributed by atoms with van der Waals surface area (Å²) >= 11 is 3.22. The fourth-order valence-electron chi connectivity index (χ4n) is 1.60. The van der Waals surface area contributed by atoms with E-state index in [0.29, 0.717) is 16.9 Å². The quantitative estimate of drug-likeness (QED) is 0.926. The van der Waals surface area contributed by atoms with Gasteiger partial charge >= 0.3 is 0 Å². The third-order valence-electron chi connectivity index (χ3n) is 2.47. The maximum atomic E-state index is 9.88. The van der Waals surface area contributed by atoms with Crippen LogP contribution in [0.3, 0.4) is 0 Å². The summed E-state index contributed by atoms with van der Waals surface area (Å²) in [5, 5.41) is 9.88. The minimum Gasteiger partial charge on any atom is -0.452 e. The molecule has 3 heteroatoms. The second-order valence-corrected chi connectivity index (χ2v) is 4.46. The molecule has 16 heavy (non-hydrogen) atoms. The monoisotopic (exact) mass is 280 g/mol. The van der Waals surface area contributed by atoms with Gasteiger partial charge in [-0.15, -0.1) is 0 Å². The Kier molecular flexibility index (Phi) is 3.80. The van der Waals surface area contributed by atoms with Crippen LogP contribution in [0.25, 0.3) is 0 Å². The van der Waals surface area contributed by atoms with Crippen molar-refractivity contribution in [2.45, 2.75) is 18.9 Å². The summed E-state index contributed by atoms with van der Waals surface area (Å²) < 4.78 is 5.95. The van der Waals surface area contributed by atoms with Crippen molar-refractivity contribution >= 4 is 15.9 Å². The summed E-state index contributed by atoms with van der Waals surface area (Å²) in [6.07, 6.45) is 0.983. The molecule has 0 spiro atoms. The van der Waals surface area contributed by atoms with Crippen LogP contribution in [-0.2, 0) is 6.42 Å². The van der Waals surface area contributed by atoms with E-state index < -0.39 is 6.10 Å². The van der Waals surface area contributed by atoms with Gasteiger partial charge in [-0.2, -0.15) is 0 Å². The van der Waals surface area contributed by atoms with Gasteiger partial charge in [0.25, 0.3) is 0 Å². The van der Waals surface area contributed by atoms with Crippen LogP contribution in [0.1, 0.15) is 23.8 Å². The molecule has 1 unspecified atom stereocenters. The Morgan fingerprint density at radius 2 is 1.88 bits per heavy atom. The summed E-state index contributed by atoms with van der Waals surface area (Å²) in [6, 6.07) is 13.7. The zero-order valence-electron chi connectivity index (χ0n) is 8.77. The van der Waals surface area contributed by atoms with Crippen LogP contribution < -0.4 is 0 Å². The Hall–Kier alpha value is -1.06. The van der Waals surface area contributed by atoms with Crippen molar-refractivity contribution in [3.05, 3.63) is 58.5 Å². The largest absolute Gasteiger partial charge is 0.452 e. The van der Waals surface area contributed by atoms with Gasteiger partial charge in [0.2, 0.25) is 0 Å². The van der Waals surface area contributed by atoms with Crippen molar-refractivity contribution in [3.63, 3.8) is 0 Å². The van der Waals surface area contributed by atoms with Crippen LogP contribution in [0.15, 0.2) is 51.6 Å². The van der Waals surface area contributed by atoms with E-state index in [1.54, 1.807) is 12.1 Å². The van der Waals surface area contributed by atoms with E-state index in [9.17, 15) is 5.11 Å². The molecule has 84 valence electrons. The first-order chi connectivity index (χ1) is 7.75. The number of furan rings is 1. The van der Waals surface area contributed by atoms with Gasteiger partial charge in [-0.3, -0.25) is 0 Å². The van der Waals surface area contributed by atoms with E-state index in [2.05, 4.69) is 28.1 Å². The average molecular weight is 281 g/mol. The zero-order chi connectivity index (χ0) is 11.4. The molecule has 0 aliphatic rings. The number of hydrogen-bond donors (Lipinski definition) is 1. The Morgan fingerprint density at radius 1 is 1.12 bits per heavy atom. The number of aryl methyl sites for hydroxylation is 1. The Balaban J connectivity index is 1.91. The average Bonchev–Trinajstić information content (AvgIpc) is 2.74. The topological polar surface area (TPSA) is 33.4 Å². The molecule has 1 aromatic carbocycles. The van der Waals surface area contributed by atoms with Crippen LogP contribution in [0, 0.1) is 0 Å². The van der Waals surface area contributed by atoms with Gasteiger partial charge in [-0.25, -0.2) is 0 Å². The molecule has 0 aliphatic heterocycles. The summed E-state index contributed by atoms with van der Waals surface area (Å²) in [5.74, 6) is 0.614. The van der Waals surface area contributed by atoms with E-state index in [1.807, 2.05) is 18.2 Å². The lowest BCUT2D eigenvalue weighted by molar-refractivity contribution is 0.139. The van der Waals surface area contributed by atoms with E-state index >= 15 is 0 Å². The van der Waals surface area contributed by atoms with Gasteiger partial charge in [-0.1, -0.05) is 30.3 Å². The molecule has 1 heterocycles. The summed E-state index contributed by atoms with van der Waals surface area (Å²) in [7, 11) is 0. The molecular weight excluding hydrogens is 268 g/mol. The second-order valence-electron chi connectivity index (χ2n) is 3.68. The minimum atomic E-state index is -0.536. The fraction of sp³-hybridized carbons (Fsp3) is 0.231. The Morgan fingerprint density at radius 3 is 2.50 bits per heavy atom. The first kappa shape index (κ1) is 11.4. The molecule has 2 rings (SSSR count). The maximum absolute atomic E-state index is 9.88. The van der Waals surface area contributed by atoms with Gasteiger partial charge in [0.05, 0.1) is 0 Å². The minimum absolute atomic E-state index is 0.536. The van der Waals surface area contributed by atoms with E-state index in [4.69, 9.17) is 4.42 Å². The summed E-state index contributed by atoms with van der Waals surface area (Å²) in [6.45, 7) is 0. The lowest BCUT2D eigenvalue weighted by atomic mass is 10.1. The molecule has 1 N–H and O–H groups in total. The molecule has 1 atom stereocenters. The van der Waals surface area contributed by atoms with Crippen LogP contribution >= 0.6 is 15.9 Å². The lowest BCUT2D eigenvalue weighted by Gasteiger charge is -2.07. The zero-order valence-corrected chi connectivity index (χ0v) is 10.4. The van der Waals surface area contributed by atoms with E-state index in [0.717, 1.165) is 6.42 Å². The molecule has 0 fully saturated rings. The van der Waals surface area contributed by atoms with Gasteiger partial charge in [0, 0.05) is 0 Å². The third kappa shape index (κ3) is 2.97. The lowest BCUT2D eigenvalue weighted by Crippen LogP contribution is -1.97. The molecular formula is C13H13BrO2. The van der Waals surface area contributed by atoms with Crippen molar-refractivity contribution in [2.75, 3.05) is 0 Å². The number of rotatable bonds is 4. The smallest absolute Gasteiger partial charge is 0.169 e. The number of halogens is 1. The van der Waals surface area contributed by atoms with Crippen LogP contribution in [0.4, 0.5) is 0 Å². The molecule has 0 bridgehead atoms. The number of benzene rings is 1. The van der Waals surface area contributed by atoms with Gasteiger partial charge in [-0.05, 0) is 46.5 Å². The fourth-order valence-corrected chi connectivity index (χ4v) is 1.92. The van der Waals surface area contributed by atoms with Crippen LogP contribution in [0.5, 0.6) is 0 Å². The Labute approximate surface area is 103 Å². The van der Waals surface area contributed by atoms with Gasteiger partial charge in [0.15, 0.2) is 4.67 Å². The van der Waals surface area contributed by atoms with Crippen LogP contribution in [-0.4, -0.2) is 5.11 Å². The molecule has 0 aliphatic carbocycles. The number of aliphatic hydroxyl groups is 1. The maximum Gasteiger partial charge on any atom is 0.169 e. The van der Waals surface area contributed by atoms with Crippen LogP contribution in [0.2, 0.25) is 0 Å². The standard InChI is InChI=1S/C13H13BrO2/c14-13-9-8-12(16-13)11(15)7-6-10-4-2-1-3-5-10/h1-5,8-9,11,15H,6-7H2. The third-order valence-corrected chi connectivity index (χ3v) is 2.90.